The van der Waals surface area contributed by atoms with Gasteiger partial charge in [-0.2, -0.15) is 0 Å². The average Bonchev–Trinajstić information content (AvgIpc) is 2.83. The van der Waals surface area contributed by atoms with E-state index in [1.807, 2.05) is 11.8 Å². The molecule has 6 heteroatoms. The normalized spacial score (nSPS) is 22.2. The minimum atomic E-state index is -0.360. The number of carbonyl (C=O) groups is 1. The Morgan fingerprint density at radius 2 is 1.85 bits per heavy atom. The van der Waals surface area contributed by atoms with Gasteiger partial charge >= 0.3 is 0 Å². The highest BCUT2D eigenvalue weighted by Gasteiger charge is 2.27. The van der Waals surface area contributed by atoms with E-state index in [0.29, 0.717) is 12.6 Å². The Hall–Kier alpha value is -1.11. The minimum Gasteiger partial charge on any atom is -0.491 e. The predicted molar refractivity (Wildman–Crippen MR) is 142 cm³/mol. The number of nitrogens with zero attached hydrogens (tertiary/aromatic N) is 2. The van der Waals surface area contributed by atoms with Gasteiger partial charge in [0, 0.05) is 17.1 Å². The summed E-state index contributed by atoms with van der Waals surface area (Å²) in [5, 5.41) is 9.20. The fourth-order valence-corrected chi connectivity index (χ4v) is 6.26. The number of aliphatic hydroxyl groups excluding tert-OH is 1. The van der Waals surface area contributed by atoms with Crippen molar-refractivity contribution in [1.29, 1.82) is 0 Å². The van der Waals surface area contributed by atoms with Gasteiger partial charge in [-0.3, -0.25) is 4.79 Å². The van der Waals surface area contributed by atoms with Crippen molar-refractivity contribution in [3.63, 3.8) is 0 Å². The highest BCUT2D eigenvalue weighted by atomic mass is 79.9. The zero-order valence-corrected chi connectivity index (χ0v) is 23.1. The molecule has 1 N–H and O–H groups in total. The first kappa shape index (κ1) is 27.5. The van der Waals surface area contributed by atoms with Gasteiger partial charge in [0.15, 0.2) is 0 Å². The van der Waals surface area contributed by atoms with E-state index in [0.717, 1.165) is 36.8 Å². The Bertz CT molecular complexity index is 756. The Morgan fingerprint density at radius 3 is 2.47 bits per heavy atom. The van der Waals surface area contributed by atoms with Crippen LogP contribution >= 0.6 is 15.9 Å². The standard InChI is InChI=1S/C28H45BrN2O3/c1-4-31(28(33)20-32)25-9-7-22(8-10-25)6-5-15-30-16-13-23(14-17-30)18-24-19-26(34-21(2)3)11-12-27(24)29/h11-12,19,21-23,25,32H,4-10,13-18,20H2,1-3H3/t22-,25-. The van der Waals surface area contributed by atoms with Crippen molar-refractivity contribution in [1.82, 2.24) is 9.80 Å². The van der Waals surface area contributed by atoms with Crippen LogP contribution in [0.15, 0.2) is 22.7 Å². The average molecular weight is 538 g/mol. The summed E-state index contributed by atoms with van der Waals surface area (Å²) < 4.78 is 7.09. The van der Waals surface area contributed by atoms with E-state index in [-0.39, 0.29) is 18.6 Å². The SMILES string of the molecule is CCN(C(=O)CO)[C@H]1CC[C@H](CCCN2CCC(Cc3cc(OC(C)C)ccc3Br)CC2)CC1. The molecule has 1 amide bonds. The molecule has 0 unspecified atom stereocenters. The maximum Gasteiger partial charge on any atom is 0.248 e. The Labute approximate surface area is 215 Å². The van der Waals surface area contributed by atoms with Crippen LogP contribution in [-0.4, -0.2) is 65.7 Å². The van der Waals surface area contributed by atoms with Crippen molar-refractivity contribution >= 4 is 21.8 Å². The summed E-state index contributed by atoms with van der Waals surface area (Å²) in [5.41, 5.74) is 1.37. The molecule has 0 spiro atoms. The van der Waals surface area contributed by atoms with E-state index in [1.54, 1.807) is 0 Å². The van der Waals surface area contributed by atoms with Crippen LogP contribution in [0.3, 0.4) is 0 Å². The van der Waals surface area contributed by atoms with Gasteiger partial charge in [0.05, 0.1) is 6.10 Å². The van der Waals surface area contributed by atoms with Gasteiger partial charge in [-0.25, -0.2) is 0 Å². The molecule has 5 nitrogen and oxygen atoms in total. The molecule has 2 aliphatic rings. The maximum absolute atomic E-state index is 11.9. The number of piperidine rings is 1. The second-order valence-electron chi connectivity index (χ2n) is 10.6. The lowest BCUT2D eigenvalue weighted by atomic mass is 9.82. The summed E-state index contributed by atoms with van der Waals surface area (Å²) in [7, 11) is 0. The Morgan fingerprint density at radius 1 is 1.15 bits per heavy atom. The summed E-state index contributed by atoms with van der Waals surface area (Å²) in [6, 6.07) is 6.72. The monoisotopic (exact) mass is 536 g/mol. The second kappa shape index (κ2) is 13.8. The highest BCUT2D eigenvalue weighted by Crippen LogP contribution is 2.32. The lowest BCUT2D eigenvalue weighted by molar-refractivity contribution is -0.137. The largest absolute Gasteiger partial charge is 0.491 e. The van der Waals surface area contributed by atoms with Crippen molar-refractivity contribution in [2.45, 2.75) is 90.7 Å². The molecule has 1 aliphatic carbocycles. The van der Waals surface area contributed by atoms with E-state index in [9.17, 15) is 9.90 Å². The number of rotatable bonds is 11. The van der Waals surface area contributed by atoms with E-state index in [4.69, 9.17) is 4.74 Å². The van der Waals surface area contributed by atoms with Crippen molar-refractivity contribution in [2.24, 2.45) is 11.8 Å². The molecule has 0 aromatic heterocycles. The summed E-state index contributed by atoms with van der Waals surface area (Å²) in [6.45, 7) is 10.2. The summed E-state index contributed by atoms with van der Waals surface area (Å²) in [4.78, 5) is 16.5. The number of likely N-dealkylation sites (tertiary alicyclic amines) is 1. The van der Waals surface area contributed by atoms with Gasteiger partial charge in [0.2, 0.25) is 5.91 Å². The second-order valence-corrected chi connectivity index (χ2v) is 11.4. The first-order chi connectivity index (χ1) is 16.4. The molecule has 192 valence electrons. The molecule has 1 saturated carbocycles. The Kier molecular flexibility index (Phi) is 11.2. The maximum atomic E-state index is 11.9. The highest BCUT2D eigenvalue weighted by molar-refractivity contribution is 9.10. The van der Waals surface area contributed by atoms with Crippen molar-refractivity contribution in [3.05, 3.63) is 28.2 Å². The number of aliphatic hydroxyl groups is 1. The number of likely N-dealkylation sites (N-methyl/N-ethyl adjacent to an activating group) is 1. The molecule has 1 saturated heterocycles. The smallest absolute Gasteiger partial charge is 0.248 e. The molecule has 1 heterocycles. The van der Waals surface area contributed by atoms with Crippen molar-refractivity contribution in [2.75, 3.05) is 32.8 Å². The third-order valence-corrected chi connectivity index (χ3v) is 8.52. The fourth-order valence-electron chi connectivity index (χ4n) is 5.86. The van der Waals surface area contributed by atoms with Crippen LogP contribution in [0.4, 0.5) is 0 Å². The van der Waals surface area contributed by atoms with E-state index in [2.05, 4.69) is 52.9 Å². The molecule has 2 fully saturated rings. The number of ether oxygens (including phenoxy) is 1. The van der Waals surface area contributed by atoms with Crippen LogP contribution in [0, 0.1) is 11.8 Å². The van der Waals surface area contributed by atoms with Crippen LogP contribution < -0.4 is 4.74 Å². The van der Waals surface area contributed by atoms with Crippen LogP contribution in [-0.2, 0) is 11.2 Å². The molecule has 34 heavy (non-hydrogen) atoms. The molecule has 1 aliphatic heterocycles. The molecule has 0 bridgehead atoms. The number of benzene rings is 1. The molecule has 1 aromatic rings. The van der Waals surface area contributed by atoms with Gasteiger partial charge in [0.25, 0.3) is 0 Å². The molecule has 0 radical (unpaired) electrons. The first-order valence-corrected chi connectivity index (χ1v) is 14.3. The number of halogens is 1. The van der Waals surface area contributed by atoms with Crippen LogP contribution in [0.5, 0.6) is 5.75 Å². The zero-order valence-electron chi connectivity index (χ0n) is 21.5. The third-order valence-electron chi connectivity index (χ3n) is 7.74. The minimum absolute atomic E-state index is 0.113. The van der Waals surface area contributed by atoms with Crippen molar-refractivity contribution in [3.8, 4) is 5.75 Å². The van der Waals surface area contributed by atoms with Gasteiger partial charge < -0.3 is 19.6 Å². The van der Waals surface area contributed by atoms with E-state index in [1.165, 1.54) is 68.2 Å². The molecule has 3 rings (SSSR count). The predicted octanol–water partition coefficient (Wildman–Crippen LogP) is 5.67. The molecule has 0 atom stereocenters. The van der Waals surface area contributed by atoms with Gasteiger partial charge in [-0.1, -0.05) is 15.9 Å². The van der Waals surface area contributed by atoms with E-state index < -0.39 is 0 Å². The van der Waals surface area contributed by atoms with Crippen LogP contribution in [0.2, 0.25) is 0 Å². The fraction of sp³-hybridized carbons (Fsp3) is 0.750. The van der Waals surface area contributed by atoms with Gasteiger partial charge in [0.1, 0.15) is 12.4 Å². The topological polar surface area (TPSA) is 53.0 Å². The van der Waals surface area contributed by atoms with Gasteiger partial charge in [-0.05, 0) is 134 Å². The molecular formula is C28H45BrN2O3. The summed E-state index contributed by atoms with van der Waals surface area (Å²) in [6.07, 6.45) is 11.1. The van der Waals surface area contributed by atoms with E-state index >= 15 is 0 Å². The number of amides is 1. The molecular weight excluding hydrogens is 492 g/mol. The third kappa shape index (κ3) is 8.23. The quantitative estimate of drug-likeness (QED) is 0.395. The summed E-state index contributed by atoms with van der Waals surface area (Å²) >= 11 is 3.74. The van der Waals surface area contributed by atoms with Gasteiger partial charge in [-0.15, -0.1) is 0 Å². The van der Waals surface area contributed by atoms with Crippen LogP contribution in [0.25, 0.3) is 0 Å². The lowest BCUT2D eigenvalue weighted by Gasteiger charge is -2.36. The number of carbonyl (C=O) groups excluding carboxylic acids is 1. The zero-order chi connectivity index (χ0) is 24.5. The number of hydrogen-bond acceptors (Lipinski definition) is 4. The van der Waals surface area contributed by atoms with Crippen LogP contribution in [0.1, 0.15) is 77.7 Å². The first-order valence-electron chi connectivity index (χ1n) is 13.5. The lowest BCUT2D eigenvalue weighted by Crippen LogP contribution is -2.43. The Balaban J connectivity index is 1.33. The summed E-state index contributed by atoms with van der Waals surface area (Å²) in [5.74, 6) is 2.41. The molecule has 1 aromatic carbocycles. The number of hydrogen-bond donors (Lipinski definition) is 1. The van der Waals surface area contributed by atoms with Crippen molar-refractivity contribution < 1.29 is 14.6 Å².